The number of fused-ring (bicyclic) bond motifs is 1. The molecule has 0 N–H and O–H groups in total. The molecule has 1 atom stereocenters. The SMILES string of the molecule is CN1CCC(OC(c2ccc(OC(F)(F)F)cc2)c2nc3ccccc3s2)CC1. The molecule has 0 saturated carbocycles. The average Bonchev–Trinajstić information content (AvgIpc) is 3.11. The number of nitrogens with zero attached hydrogens (tertiary/aromatic N) is 2. The molecule has 2 aromatic carbocycles. The van der Waals surface area contributed by atoms with Gasteiger partial charge in [0.15, 0.2) is 0 Å². The van der Waals surface area contributed by atoms with Crippen LogP contribution in [-0.2, 0) is 4.74 Å². The highest BCUT2D eigenvalue weighted by atomic mass is 32.1. The highest BCUT2D eigenvalue weighted by molar-refractivity contribution is 7.18. The Hall–Kier alpha value is -2.16. The van der Waals surface area contributed by atoms with Crippen molar-refractivity contribution in [3.8, 4) is 5.75 Å². The Kier molecular flexibility index (Phi) is 5.76. The van der Waals surface area contributed by atoms with E-state index < -0.39 is 12.5 Å². The first kappa shape index (κ1) is 20.1. The predicted molar refractivity (Wildman–Crippen MR) is 106 cm³/mol. The number of hydrogen-bond acceptors (Lipinski definition) is 5. The van der Waals surface area contributed by atoms with Crippen LogP contribution in [0.4, 0.5) is 13.2 Å². The van der Waals surface area contributed by atoms with Gasteiger partial charge in [-0.05, 0) is 49.7 Å². The maximum atomic E-state index is 12.5. The third-order valence-corrected chi connectivity index (χ3v) is 6.02. The quantitative estimate of drug-likeness (QED) is 0.552. The monoisotopic (exact) mass is 422 g/mol. The van der Waals surface area contributed by atoms with E-state index in [0.29, 0.717) is 0 Å². The molecule has 0 spiro atoms. The summed E-state index contributed by atoms with van der Waals surface area (Å²) in [6.07, 6.45) is -3.24. The standard InChI is InChI=1S/C21H21F3N2O2S/c1-26-12-10-15(11-13-26)27-19(20-25-17-4-2-3-5-18(17)29-20)14-6-8-16(9-7-14)28-21(22,23)24/h2-9,15,19H,10-13H2,1H3. The van der Waals surface area contributed by atoms with Gasteiger partial charge in [-0.2, -0.15) is 0 Å². The molecule has 0 bridgehead atoms. The van der Waals surface area contributed by atoms with Gasteiger partial charge in [0.05, 0.1) is 16.3 Å². The number of alkyl halides is 3. The van der Waals surface area contributed by atoms with Crippen LogP contribution in [0.25, 0.3) is 10.2 Å². The molecular weight excluding hydrogens is 401 g/mol. The molecule has 154 valence electrons. The van der Waals surface area contributed by atoms with Gasteiger partial charge in [0.2, 0.25) is 0 Å². The molecule has 0 aliphatic carbocycles. The number of aromatic nitrogens is 1. The molecule has 1 fully saturated rings. The predicted octanol–water partition coefficient (Wildman–Crippen LogP) is 5.40. The van der Waals surface area contributed by atoms with Gasteiger partial charge in [0.25, 0.3) is 0 Å². The normalized spacial score (nSPS) is 17.5. The van der Waals surface area contributed by atoms with Crippen molar-refractivity contribution in [3.63, 3.8) is 0 Å². The van der Waals surface area contributed by atoms with Gasteiger partial charge in [-0.15, -0.1) is 24.5 Å². The van der Waals surface area contributed by atoms with Crippen LogP contribution in [-0.4, -0.2) is 42.5 Å². The second-order valence-electron chi connectivity index (χ2n) is 7.16. The summed E-state index contributed by atoms with van der Waals surface area (Å²) >= 11 is 1.55. The molecule has 4 nitrogen and oxygen atoms in total. The summed E-state index contributed by atoms with van der Waals surface area (Å²) in [7, 11) is 2.08. The first-order valence-corrected chi connectivity index (χ1v) is 10.2. The van der Waals surface area contributed by atoms with Crippen LogP contribution in [0, 0.1) is 0 Å². The summed E-state index contributed by atoms with van der Waals surface area (Å²) in [5, 5.41) is 0.801. The molecule has 4 rings (SSSR count). The van der Waals surface area contributed by atoms with Crippen LogP contribution in [0.15, 0.2) is 48.5 Å². The highest BCUT2D eigenvalue weighted by Crippen LogP contribution is 2.36. The lowest BCUT2D eigenvalue weighted by molar-refractivity contribution is -0.274. The van der Waals surface area contributed by atoms with Crippen molar-refractivity contribution in [2.45, 2.75) is 31.4 Å². The van der Waals surface area contributed by atoms with Crippen LogP contribution >= 0.6 is 11.3 Å². The number of ether oxygens (including phenoxy) is 2. The Morgan fingerprint density at radius 1 is 1.07 bits per heavy atom. The summed E-state index contributed by atoms with van der Waals surface area (Å²) in [5.41, 5.74) is 1.65. The first-order valence-electron chi connectivity index (χ1n) is 9.42. The van der Waals surface area contributed by atoms with Crippen molar-refractivity contribution in [2.24, 2.45) is 0 Å². The van der Waals surface area contributed by atoms with Crippen LogP contribution in [0.3, 0.4) is 0 Å². The molecule has 1 aliphatic rings. The molecule has 29 heavy (non-hydrogen) atoms. The summed E-state index contributed by atoms with van der Waals surface area (Å²) in [4.78, 5) is 6.98. The maximum absolute atomic E-state index is 12.5. The summed E-state index contributed by atoms with van der Waals surface area (Å²) < 4.78 is 48.9. The van der Waals surface area contributed by atoms with Gasteiger partial charge in [0.1, 0.15) is 16.9 Å². The Bertz CT molecular complexity index is 917. The van der Waals surface area contributed by atoms with E-state index in [1.165, 1.54) is 12.1 Å². The van der Waals surface area contributed by atoms with Crippen molar-refractivity contribution >= 4 is 21.6 Å². The van der Waals surface area contributed by atoms with Gasteiger partial charge in [-0.25, -0.2) is 4.98 Å². The summed E-state index contributed by atoms with van der Waals surface area (Å²) in [5.74, 6) is -0.247. The zero-order chi connectivity index (χ0) is 20.4. The molecule has 1 aliphatic heterocycles. The van der Waals surface area contributed by atoms with Gasteiger partial charge in [-0.3, -0.25) is 0 Å². The van der Waals surface area contributed by atoms with Crippen molar-refractivity contribution in [1.29, 1.82) is 0 Å². The van der Waals surface area contributed by atoms with Crippen molar-refractivity contribution < 1.29 is 22.6 Å². The van der Waals surface area contributed by atoms with Gasteiger partial charge >= 0.3 is 6.36 Å². The Morgan fingerprint density at radius 3 is 2.41 bits per heavy atom. The molecule has 0 radical (unpaired) electrons. The van der Waals surface area contributed by atoms with Crippen LogP contribution in [0.5, 0.6) is 5.75 Å². The lowest BCUT2D eigenvalue weighted by Gasteiger charge is -2.31. The minimum atomic E-state index is -4.71. The molecule has 3 aromatic rings. The second kappa shape index (κ2) is 8.30. The van der Waals surface area contributed by atoms with Gasteiger partial charge in [-0.1, -0.05) is 24.3 Å². The van der Waals surface area contributed by atoms with Crippen molar-refractivity contribution in [1.82, 2.24) is 9.88 Å². The molecule has 2 heterocycles. The van der Waals surface area contributed by atoms with E-state index in [4.69, 9.17) is 9.72 Å². The number of hydrogen-bond donors (Lipinski definition) is 0. The Labute approximate surface area is 170 Å². The zero-order valence-electron chi connectivity index (χ0n) is 15.9. The van der Waals surface area contributed by atoms with E-state index in [-0.39, 0.29) is 11.9 Å². The largest absolute Gasteiger partial charge is 0.573 e. The van der Waals surface area contributed by atoms with E-state index in [0.717, 1.165) is 46.7 Å². The minimum absolute atomic E-state index is 0.0781. The Balaban J connectivity index is 1.62. The van der Waals surface area contributed by atoms with Gasteiger partial charge in [0, 0.05) is 13.1 Å². The smallest absolute Gasteiger partial charge is 0.406 e. The fraction of sp³-hybridized carbons (Fsp3) is 0.381. The summed E-state index contributed by atoms with van der Waals surface area (Å²) in [6.45, 7) is 1.91. The van der Waals surface area contributed by atoms with Crippen LogP contribution in [0.1, 0.15) is 29.5 Å². The van der Waals surface area contributed by atoms with E-state index in [9.17, 15) is 13.2 Å². The molecule has 1 unspecified atom stereocenters. The van der Waals surface area contributed by atoms with E-state index in [2.05, 4.69) is 16.7 Å². The number of likely N-dealkylation sites (tertiary alicyclic amines) is 1. The number of thiazole rings is 1. The minimum Gasteiger partial charge on any atom is -0.406 e. The third kappa shape index (κ3) is 5.07. The highest BCUT2D eigenvalue weighted by Gasteiger charge is 2.31. The number of halogens is 3. The first-order chi connectivity index (χ1) is 13.9. The summed E-state index contributed by atoms with van der Waals surface area (Å²) in [6, 6.07) is 13.7. The zero-order valence-corrected chi connectivity index (χ0v) is 16.7. The van der Waals surface area contributed by atoms with E-state index in [1.807, 2.05) is 24.3 Å². The topological polar surface area (TPSA) is 34.6 Å². The van der Waals surface area contributed by atoms with Crippen LogP contribution < -0.4 is 4.74 Å². The lowest BCUT2D eigenvalue weighted by Crippen LogP contribution is -2.35. The second-order valence-corrected chi connectivity index (χ2v) is 8.22. The maximum Gasteiger partial charge on any atom is 0.573 e. The fourth-order valence-electron chi connectivity index (χ4n) is 3.44. The third-order valence-electron chi connectivity index (χ3n) is 4.95. The van der Waals surface area contributed by atoms with E-state index >= 15 is 0 Å². The Morgan fingerprint density at radius 2 is 1.76 bits per heavy atom. The van der Waals surface area contributed by atoms with E-state index in [1.54, 1.807) is 23.5 Å². The molecule has 1 saturated heterocycles. The number of benzene rings is 2. The van der Waals surface area contributed by atoms with Crippen LogP contribution in [0.2, 0.25) is 0 Å². The lowest BCUT2D eigenvalue weighted by atomic mass is 10.1. The van der Waals surface area contributed by atoms with Crippen molar-refractivity contribution in [2.75, 3.05) is 20.1 Å². The average molecular weight is 422 g/mol. The van der Waals surface area contributed by atoms with Crippen molar-refractivity contribution in [3.05, 3.63) is 59.1 Å². The fourth-order valence-corrected chi connectivity index (χ4v) is 4.47. The molecule has 8 heteroatoms. The number of piperidine rings is 1. The molecule has 0 amide bonds. The number of para-hydroxylation sites is 1. The molecular formula is C21H21F3N2O2S. The number of rotatable bonds is 5. The molecule has 1 aromatic heterocycles. The van der Waals surface area contributed by atoms with Gasteiger partial charge < -0.3 is 14.4 Å².